The number of aromatic nitrogens is 3. The van der Waals surface area contributed by atoms with E-state index in [0.717, 1.165) is 43.1 Å². The van der Waals surface area contributed by atoms with Crippen molar-refractivity contribution >= 4 is 11.5 Å². The second-order valence-electron chi connectivity index (χ2n) is 7.29. The number of nitrogens with two attached hydrogens (primary N) is 1. The van der Waals surface area contributed by atoms with Gasteiger partial charge in [0.25, 0.3) is 0 Å². The zero-order chi connectivity index (χ0) is 15.8. The predicted molar refractivity (Wildman–Crippen MR) is 92.6 cm³/mol. The molecule has 5 nitrogen and oxygen atoms in total. The first-order valence-electron chi connectivity index (χ1n) is 9.11. The lowest BCUT2D eigenvalue weighted by Crippen LogP contribution is -2.24. The van der Waals surface area contributed by atoms with E-state index < -0.39 is 0 Å². The van der Waals surface area contributed by atoms with Gasteiger partial charge in [-0.1, -0.05) is 13.3 Å². The predicted octanol–water partition coefficient (Wildman–Crippen LogP) is 3.31. The van der Waals surface area contributed by atoms with Crippen molar-refractivity contribution in [1.82, 2.24) is 14.6 Å². The lowest BCUT2D eigenvalue weighted by Gasteiger charge is -2.33. The van der Waals surface area contributed by atoms with Crippen LogP contribution in [0.4, 0.5) is 5.82 Å². The van der Waals surface area contributed by atoms with Crippen LogP contribution in [0.5, 0.6) is 0 Å². The Kier molecular flexibility index (Phi) is 3.97. The van der Waals surface area contributed by atoms with Crippen LogP contribution in [0.2, 0.25) is 0 Å². The number of hydrogen-bond acceptors (Lipinski definition) is 4. The van der Waals surface area contributed by atoms with Gasteiger partial charge in [0, 0.05) is 35.8 Å². The van der Waals surface area contributed by atoms with Gasteiger partial charge in [0.05, 0.1) is 6.20 Å². The van der Waals surface area contributed by atoms with Crippen LogP contribution in [0.1, 0.15) is 63.5 Å². The lowest BCUT2D eigenvalue weighted by atomic mass is 9.73. The topological polar surface area (TPSA) is 68.2 Å². The maximum absolute atomic E-state index is 6.06. The summed E-state index contributed by atoms with van der Waals surface area (Å²) in [6, 6.07) is 5.02. The van der Waals surface area contributed by atoms with E-state index >= 15 is 0 Å². The van der Waals surface area contributed by atoms with E-state index in [1.54, 1.807) is 0 Å². The number of anilines is 1. The number of fused-ring (bicyclic) bond motifs is 1. The molecule has 2 aromatic rings. The van der Waals surface area contributed by atoms with E-state index in [2.05, 4.69) is 23.4 Å². The molecular weight excluding hydrogens is 286 g/mol. The summed E-state index contributed by atoms with van der Waals surface area (Å²) in [6.45, 7) is 2.29. The molecule has 0 saturated heterocycles. The van der Waals surface area contributed by atoms with Crippen LogP contribution in [0.3, 0.4) is 0 Å². The van der Waals surface area contributed by atoms with E-state index in [0.29, 0.717) is 18.0 Å². The molecule has 0 aliphatic heterocycles. The molecule has 4 rings (SSSR count). The van der Waals surface area contributed by atoms with Crippen LogP contribution in [0.25, 0.3) is 5.65 Å². The van der Waals surface area contributed by atoms with Gasteiger partial charge in [-0.15, -0.1) is 0 Å². The highest BCUT2D eigenvalue weighted by atomic mass is 15.3. The molecule has 3 atom stereocenters. The summed E-state index contributed by atoms with van der Waals surface area (Å²) in [7, 11) is 0. The largest absolute Gasteiger partial charge is 0.367 e. The number of nitrogens with zero attached hydrogens (tertiary/aromatic N) is 3. The van der Waals surface area contributed by atoms with Crippen LogP contribution in [-0.2, 0) is 0 Å². The zero-order valence-electron chi connectivity index (χ0n) is 13.9. The monoisotopic (exact) mass is 313 g/mol. The minimum atomic E-state index is 0.334. The Balaban J connectivity index is 1.66. The molecule has 2 aliphatic rings. The molecule has 2 aromatic heterocycles. The van der Waals surface area contributed by atoms with Crippen molar-refractivity contribution < 1.29 is 0 Å². The van der Waals surface area contributed by atoms with Crippen molar-refractivity contribution in [3.8, 4) is 0 Å². The van der Waals surface area contributed by atoms with Gasteiger partial charge in [0.1, 0.15) is 5.82 Å². The Morgan fingerprint density at radius 3 is 2.87 bits per heavy atom. The first-order valence-corrected chi connectivity index (χ1v) is 9.11. The van der Waals surface area contributed by atoms with E-state index in [1.807, 2.05) is 16.8 Å². The van der Waals surface area contributed by atoms with Crippen molar-refractivity contribution in [3.05, 3.63) is 24.0 Å². The summed E-state index contributed by atoms with van der Waals surface area (Å²) < 4.78 is 1.93. The van der Waals surface area contributed by atoms with E-state index in [-0.39, 0.29) is 0 Å². The summed E-state index contributed by atoms with van der Waals surface area (Å²) in [6.07, 6.45) is 10.4. The van der Waals surface area contributed by atoms with Crippen LogP contribution < -0.4 is 11.1 Å². The molecule has 0 radical (unpaired) electrons. The number of hydrogen-bond donors (Lipinski definition) is 2. The normalized spacial score (nSPS) is 26.3. The molecule has 0 amide bonds. The molecule has 2 fully saturated rings. The third kappa shape index (κ3) is 2.82. The van der Waals surface area contributed by atoms with Crippen molar-refractivity contribution in [3.63, 3.8) is 0 Å². The molecule has 0 aromatic carbocycles. The fraction of sp³-hybridized carbons (Fsp3) is 0.667. The molecule has 0 bridgehead atoms. The average Bonchev–Trinajstić information content (AvgIpc) is 3.11. The highest BCUT2D eigenvalue weighted by Crippen LogP contribution is 2.41. The Morgan fingerprint density at radius 2 is 2.22 bits per heavy atom. The van der Waals surface area contributed by atoms with Gasteiger partial charge in [-0.3, -0.25) is 0 Å². The van der Waals surface area contributed by atoms with Crippen LogP contribution in [0, 0.1) is 5.92 Å². The summed E-state index contributed by atoms with van der Waals surface area (Å²) in [5.41, 5.74) is 8.24. The highest BCUT2D eigenvalue weighted by Gasteiger charge is 2.29. The van der Waals surface area contributed by atoms with E-state index in [4.69, 9.17) is 10.7 Å². The molecule has 3 N–H and O–H groups in total. The molecule has 1 unspecified atom stereocenters. The molecule has 2 saturated carbocycles. The van der Waals surface area contributed by atoms with E-state index in [1.165, 1.54) is 25.0 Å². The lowest BCUT2D eigenvalue weighted by molar-refractivity contribution is 0.253. The zero-order valence-corrected chi connectivity index (χ0v) is 13.9. The van der Waals surface area contributed by atoms with Gasteiger partial charge in [-0.2, -0.15) is 9.61 Å². The van der Waals surface area contributed by atoms with Crippen LogP contribution in [0.15, 0.2) is 18.3 Å². The molecule has 23 heavy (non-hydrogen) atoms. The van der Waals surface area contributed by atoms with Crippen LogP contribution in [-0.4, -0.2) is 26.7 Å². The first-order chi connectivity index (χ1) is 11.2. The standard InChI is InChI=1S/C18H27N5/c1-2-15(12-4-3-5-12)16-11-18(21-14-7-6-13(19)10-14)23-17(22-16)8-9-20-23/h8-9,11-15,21H,2-7,10,19H2,1H3/t13-,14-,15?/m0/s1. The molecule has 2 aliphatic carbocycles. The molecule has 0 spiro atoms. The molecule has 2 heterocycles. The van der Waals surface area contributed by atoms with Gasteiger partial charge in [-0.05, 0) is 44.4 Å². The van der Waals surface area contributed by atoms with Crippen molar-refractivity contribution in [2.45, 2.75) is 69.9 Å². The van der Waals surface area contributed by atoms with Gasteiger partial charge in [0.2, 0.25) is 0 Å². The Hall–Kier alpha value is -1.62. The Morgan fingerprint density at radius 1 is 1.35 bits per heavy atom. The van der Waals surface area contributed by atoms with Crippen molar-refractivity contribution in [2.24, 2.45) is 11.7 Å². The smallest absolute Gasteiger partial charge is 0.157 e. The second-order valence-corrected chi connectivity index (χ2v) is 7.29. The number of nitrogens with one attached hydrogen (secondary N) is 1. The van der Waals surface area contributed by atoms with Gasteiger partial charge in [0.15, 0.2) is 5.65 Å². The number of rotatable bonds is 5. The van der Waals surface area contributed by atoms with Gasteiger partial charge < -0.3 is 11.1 Å². The Bertz CT molecular complexity index is 675. The van der Waals surface area contributed by atoms with Crippen molar-refractivity contribution in [1.29, 1.82) is 0 Å². The second kappa shape index (κ2) is 6.11. The van der Waals surface area contributed by atoms with Crippen molar-refractivity contribution in [2.75, 3.05) is 5.32 Å². The first kappa shape index (κ1) is 14.9. The molecule has 5 heteroatoms. The summed E-state index contributed by atoms with van der Waals surface area (Å²) in [4.78, 5) is 4.90. The van der Waals surface area contributed by atoms with Gasteiger partial charge >= 0.3 is 0 Å². The molecule has 124 valence electrons. The fourth-order valence-corrected chi connectivity index (χ4v) is 4.21. The summed E-state index contributed by atoms with van der Waals surface area (Å²) in [5.74, 6) is 2.47. The average molecular weight is 313 g/mol. The quantitative estimate of drug-likeness (QED) is 0.888. The highest BCUT2D eigenvalue weighted by molar-refractivity contribution is 5.50. The minimum Gasteiger partial charge on any atom is -0.367 e. The summed E-state index contributed by atoms with van der Waals surface area (Å²) in [5, 5.41) is 8.12. The summed E-state index contributed by atoms with van der Waals surface area (Å²) >= 11 is 0. The Labute approximate surface area is 137 Å². The minimum absolute atomic E-state index is 0.334. The van der Waals surface area contributed by atoms with Gasteiger partial charge in [-0.25, -0.2) is 4.98 Å². The maximum atomic E-state index is 6.06. The third-order valence-electron chi connectivity index (χ3n) is 5.74. The SMILES string of the molecule is CCC(c1cc(N[C@H]2CC[C@H](N)C2)n2nccc2n1)C1CCC1. The maximum Gasteiger partial charge on any atom is 0.157 e. The van der Waals surface area contributed by atoms with E-state index in [9.17, 15) is 0 Å². The van der Waals surface area contributed by atoms with Crippen LogP contribution >= 0.6 is 0 Å². The fourth-order valence-electron chi connectivity index (χ4n) is 4.21. The third-order valence-corrected chi connectivity index (χ3v) is 5.74. The molecular formula is C18H27N5.